The van der Waals surface area contributed by atoms with Gasteiger partial charge in [-0.25, -0.2) is 0 Å². The first-order chi connectivity index (χ1) is 4.77. The Balaban J connectivity index is 2.77. The molecule has 2 heteroatoms. The van der Waals surface area contributed by atoms with Crippen LogP contribution in [0.25, 0.3) is 0 Å². The van der Waals surface area contributed by atoms with E-state index in [1.807, 2.05) is 0 Å². The van der Waals surface area contributed by atoms with Crippen molar-refractivity contribution in [3.8, 4) is 0 Å². The van der Waals surface area contributed by atoms with Crippen LogP contribution >= 0.6 is 0 Å². The first-order valence-electron chi connectivity index (χ1n) is 4.45. The second-order valence-electron chi connectivity index (χ2n) is 3.05. The van der Waals surface area contributed by atoms with E-state index >= 15 is 0 Å². The SMILES string of the molecule is CCCCCCCC(O)[SiH3]. The zero-order valence-corrected chi connectivity index (χ0v) is 9.27. The van der Waals surface area contributed by atoms with Crippen molar-refractivity contribution >= 4 is 10.2 Å². The molecule has 1 N–H and O–H groups in total. The molecule has 0 spiro atoms. The fourth-order valence-electron chi connectivity index (χ4n) is 1.04. The molecular formula is C8H20OSi. The summed E-state index contributed by atoms with van der Waals surface area (Å²) in [4.78, 5) is 0. The molecule has 62 valence electrons. The van der Waals surface area contributed by atoms with Gasteiger partial charge in [-0.2, -0.15) is 0 Å². The van der Waals surface area contributed by atoms with Crippen LogP contribution in [0.3, 0.4) is 0 Å². The highest BCUT2D eigenvalue weighted by Crippen LogP contribution is 2.05. The van der Waals surface area contributed by atoms with Crippen LogP contribution in [0.4, 0.5) is 0 Å². The molecule has 0 heterocycles. The lowest BCUT2D eigenvalue weighted by Crippen LogP contribution is -2.04. The summed E-state index contributed by atoms with van der Waals surface area (Å²) < 4.78 is 0. The zero-order valence-electron chi connectivity index (χ0n) is 7.27. The summed E-state index contributed by atoms with van der Waals surface area (Å²) in [6, 6.07) is 0. The molecule has 0 saturated carbocycles. The molecule has 0 aliphatic carbocycles. The maximum absolute atomic E-state index is 8.97. The number of aliphatic hydroxyl groups excluding tert-OH is 1. The highest BCUT2D eigenvalue weighted by Gasteiger charge is 1.94. The van der Waals surface area contributed by atoms with Crippen molar-refractivity contribution in [2.75, 3.05) is 0 Å². The van der Waals surface area contributed by atoms with Crippen molar-refractivity contribution < 1.29 is 5.11 Å². The smallest absolute Gasteiger partial charge is 0.0389 e. The number of rotatable bonds is 6. The average Bonchev–Trinajstić information content (AvgIpc) is 1.87. The zero-order chi connectivity index (χ0) is 7.82. The standard InChI is InChI=1S/C8H20OSi/c1-2-3-4-5-6-7-8(9)10/h8-9H,2-7H2,1,10H3. The fourth-order valence-corrected chi connectivity index (χ4v) is 1.45. The third kappa shape index (κ3) is 8.18. The molecular weight excluding hydrogens is 140 g/mol. The van der Waals surface area contributed by atoms with Gasteiger partial charge >= 0.3 is 0 Å². The molecule has 0 aliphatic rings. The van der Waals surface area contributed by atoms with Gasteiger partial charge in [-0.15, -0.1) is 0 Å². The van der Waals surface area contributed by atoms with Gasteiger partial charge in [0, 0.05) is 16.0 Å². The molecule has 0 aromatic heterocycles. The number of hydrogen-bond donors (Lipinski definition) is 1. The van der Waals surface area contributed by atoms with Crippen LogP contribution in [0.1, 0.15) is 45.4 Å². The fraction of sp³-hybridized carbons (Fsp3) is 1.00. The van der Waals surface area contributed by atoms with E-state index in [4.69, 9.17) is 5.11 Å². The van der Waals surface area contributed by atoms with Crippen LogP contribution < -0.4 is 0 Å². The first kappa shape index (κ1) is 10.2. The Morgan fingerprint density at radius 3 is 2.30 bits per heavy atom. The predicted molar refractivity (Wildman–Crippen MR) is 49.3 cm³/mol. The van der Waals surface area contributed by atoms with Crippen LogP contribution in [0.2, 0.25) is 0 Å². The Morgan fingerprint density at radius 1 is 1.20 bits per heavy atom. The molecule has 1 atom stereocenters. The van der Waals surface area contributed by atoms with Gasteiger partial charge in [0.1, 0.15) is 0 Å². The van der Waals surface area contributed by atoms with E-state index in [0.29, 0.717) is 0 Å². The third-order valence-electron chi connectivity index (χ3n) is 1.73. The molecule has 0 aliphatic heterocycles. The van der Waals surface area contributed by atoms with Gasteiger partial charge in [0.05, 0.1) is 0 Å². The van der Waals surface area contributed by atoms with E-state index in [1.54, 1.807) is 0 Å². The topological polar surface area (TPSA) is 20.2 Å². The molecule has 0 aromatic carbocycles. The quantitative estimate of drug-likeness (QED) is 0.454. The van der Waals surface area contributed by atoms with Crippen LogP contribution in [0.15, 0.2) is 0 Å². The molecule has 0 aromatic rings. The molecule has 10 heavy (non-hydrogen) atoms. The van der Waals surface area contributed by atoms with Crippen LogP contribution in [0, 0.1) is 0 Å². The van der Waals surface area contributed by atoms with Crippen molar-refractivity contribution in [1.29, 1.82) is 0 Å². The van der Waals surface area contributed by atoms with Gasteiger partial charge < -0.3 is 5.11 Å². The summed E-state index contributed by atoms with van der Waals surface area (Å²) in [5.74, 6) is 0. The Kier molecular flexibility index (Phi) is 7.41. The van der Waals surface area contributed by atoms with Crippen molar-refractivity contribution in [2.45, 2.75) is 51.2 Å². The predicted octanol–water partition coefficient (Wildman–Crippen LogP) is 1.03. The van der Waals surface area contributed by atoms with E-state index in [-0.39, 0.29) is 5.73 Å². The minimum Gasteiger partial charge on any atom is -0.398 e. The monoisotopic (exact) mass is 160 g/mol. The number of unbranched alkanes of at least 4 members (excludes halogenated alkanes) is 4. The highest BCUT2D eigenvalue weighted by molar-refractivity contribution is 6.10. The van der Waals surface area contributed by atoms with E-state index in [2.05, 4.69) is 6.92 Å². The molecule has 0 amide bonds. The lowest BCUT2D eigenvalue weighted by molar-refractivity contribution is 0.239. The number of aliphatic hydroxyl groups is 1. The van der Waals surface area contributed by atoms with Gasteiger partial charge in [-0.05, 0) is 6.42 Å². The maximum atomic E-state index is 8.97. The van der Waals surface area contributed by atoms with Gasteiger partial charge in [0.25, 0.3) is 0 Å². The van der Waals surface area contributed by atoms with Gasteiger partial charge in [0.2, 0.25) is 0 Å². The van der Waals surface area contributed by atoms with E-state index in [9.17, 15) is 0 Å². The second kappa shape index (κ2) is 7.29. The normalized spacial score (nSPS) is 13.8. The number of hydrogen-bond acceptors (Lipinski definition) is 1. The summed E-state index contributed by atoms with van der Waals surface area (Å²) in [6.07, 6.45) is 7.60. The molecule has 1 nitrogen and oxygen atoms in total. The van der Waals surface area contributed by atoms with E-state index in [1.165, 1.54) is 32.1 Å². The Morgan fingerprint density at radius 2 is 1.80 bits per heavy atom. The lowest BCUT2D eigenvalue weighted by atomic mass is 10.1. The third-order valence-corrected chi connectivity index (χ3v) is 2.30. The van der Waals surface area contributed by atoms with Crippen molar-refractivity contribution in [2.24, 2.45) is 0 Å². The van der Waals surface area contributed by atoms with E-state index in [0.717, 1.165) is 16.7 Å². The van der Waals surface area contributed by atoms with Gasteiger partial charge in [0.15, 0.2) is 0 Å². The lowest BCUT2D eigenvalue weighted by Gasteiger charge is -2.02. The van der Waals surface area contributed by atoms with Crippen LogP contribution in [-0.4, -0.2) is 21.1 Å². The second-order valence-corrected chi connectivity index (χ2v) is 4.38. The van der Waals surface area contributed by atoms with Crippen LogP contribution in [0.5, 0.6) is 0 Å². The Bertz CT molecular complexity index is 64.3. The summed E-state index contributed by atoms with van der Waals surface area (Å²) >= 11 is 0. The minimum atomic E-state index is 0.0432. The molecule has 0 radical (unpaired) electrons. The van der Waals surface area contributed by atoms with Crippen molar-refractivity contribution in [3.05, 3.63) is 0 Å². The molecule has 0 fully saturated rings. The Labute approximate surface area is 67.3 Å². The van der Waals surface area contributed by atoms with Crippen molar-refractivity contribution in [1.82, 2.24) is 0 Å². The van der Waals surface area contributed by atoms with Gasteiger partial charge in [-0.3, -0.25) is 0 Å². The minimum absolute atomic E-state index is 0.0432. The maximum Gasteiger partial charge on any atom is 0.0389 e. The summed E-state index contributed by atoms with van der Waals surface area (Å²) in [7, 11) is 0.944. The highest BCUT2D eigenvalue weighted by atomic mass is 28.1. The Hall–Kier alpha value is 0.177. The summed E-state index contributed by atoms with van der Waals surface area (Å²) in [5.41, 5.74) is 0.0432. The van der Waals surface area contributed by atoms with E-state index < -0.39 is 0 Å². The molecule has 0 saturated heterocycles. The summed E-state index contributed by atoms with van der Waals surface area (Å²) in [6.45, 7) is 2.22. The molecule has 0 bridgehead atoms. The largest absolute Gasteiger partial charge is 0.398 e. The molecule has 1 unspecified atom stereocenters. The van der Waals surface area contributed by atoms with Crippen molar-refractivity contribution in [3.63, 3.8) is 0 Å². The average molecular weight is 160 g/mol. The molecule has 0 rings (SSSR count). The van der Waals surface area contributed by atoms with Crippen LogP contribution in [-0.2, 0) is 0 Å². The first-order valence-corrected chi connectivity index (χ1v) is 5.61. The summed E-state index contributed by atoms with van der Waals surface area (Å²) in [5, 5.41) is 8.97. The van der Waals surface area contributed by atoms with Gasteiger partial charge in [-0.1, -0.05) is 39.0 Å².